The van der Waals surface area contributed by atoms with Crippen LogP contribution in [0.1, 0.15) is 12.8 Å². The molecular formula is C15H17ClN4O2. The summed E-state index contributed by atoms with van der Waals surface area (Å²) >= 11 is 6.13. The molecule has 1 aliphatic heterocycles. The number of halogens is 1. The number of likely N-dealkylation sites (tertiary alicyclic amines) is 1. The van der Waals surface area contributed by atoms with Crippen LogP contribution in [0, 0.1) is 0 Å². The average Bonchev–Trinajstić information content (AvgIpc) is 3.16. The van der Waals surface area contributed by atoms with Crippen molar-refractivity contribution >= 4 is 23.3 Å². The van der Waals surface area contributed by atoms with Crippen molar-refractivity contribution < 1.29 is 9.90 Å². The van der Waals surface area contributed by atoms with Gasteiger partial charge in [0, 0.05) is 6.54 Å². The van der Waals surface area contributed by atoms with Crippen molar-refractivity contribution in [3.63, 3.8) is 0 Å². The molecule has 0 radical (unpaired) electrons. The number of hydrogen-bond donors (Lipinski definition) is 2. The molecule has 0 unspecified atom stereocenters. The molecule has 1 saturated heterocycles. The van der Waals surface area contributed by atoms with Crippen LogP contribution in [-0.4, -0.2) is 45.0 Å². The van der Waals surface area contributed by atoms with E-state index in [0.29, 0.717) is 17.3 Å². The molecule has 1 fully saturated rings. The maximum absolute atomic E-state index is 12.2. The second kappa shape index (κ2) is 6.37. The van der Waals surface area contributed by atoms with Gasteiger partial charge in [-0.2, -0.15) is 5.10 Å². The van der Waals surface area contributed by atoms with Crippen molar-refractivity contribution in [1.29, 1.82) is 0 Å². The lowest BCUT2D eigenvalue weighted by molar-refractivity contribution is 0.166. The zero-order chi connectivity index (χ0) is 15.5. The second-order valence-corrected chi connectivity index (χ2v) is 5.63. The number of hydrogen-bond acceptors (Lipinski definition) is 3. The summed E-state index contributed by atoms with van der Waals surface area (Å²) in [5.41, 5.74) is 1.34. The zero-order valence-corrected chi connectivity index (χ0v) is 12.7. The third-order valence-electron chi connectivity index (χ3n) is 3.78. The Bertz CT molecular complexity index is 673. The first kappa shape index (κ1) is 14.9. The minimum Gasteiger partial charge on any atom is -0.394 e. The molecule has 1 aromatic heterocycles. The van der Waals surface area contributed by atoms with Gasteiger partial charge >= 0.3 is 6.03 Å². The summed E-state index contributed by atoms with van der Waals surface area (Å²) in [4.78, 5) is 13.9. The van der Waals surface area contributed by atoms with Crippen LogP contribution < -0.4 is 5.32 Å². The third-order valence-corrected chi connectivity index (χ3v) is 4.10. The number of carbonyl (C=O) groups excluding carboxylic acids is 1. The Kier molecular flexibility index (Phi) is 4.31. The summed E-state index contributed by atoms with van der Waals surface area (Å²) in [6, 6.07) is 7.04. The minimum atomic E-state index is -0.213. The molecule has 0 spiro atoms. The Morgan fingerprint density at radius 1 is 1.45 bits per heavy atom. The Labute approximate surface area is 133 Å². The van der Waals surface area contributed by atoms with Crippen molar-refractivity contribution in [2.75, 3.05) is 18.5 Å². The first-order chi connectivity index (χ1) is 10.7. The highest BCUT2D eigenvalue weighted by atomic mass is 35.5. The molecule has 3 rings (SSSR count). The van der Waals surface area contributed by atoms with E-state index in [1.807, 2.05) is 18.2 Å². The molecule has 1 atom stereocenters. The molecule has 7 heteroatoms. The van der Waals surface area contributed by atoms with Crippen LogP contribution in [0.3, 0.4) is 0 Å². The number of amides is 2. The van der Waals surface area contributed by atoms with E-state index in [0.717, 1.165) is 18.5 Å². The molecule has 116 valence electrons. The molecule has 22 heavy (non-hydrogen) atoms. The summed E-state index contributed by atoms with van der Waals surface area (Å²) in [6.45, 7) is 0.655. The minimum absolute atomic E-state index is 0.00763. The molecule has 0 aliphatic carbocycles. The van der Waals surface area contributed by atoms with Crippen LogP contribution in [0.15, 0.2) is 36.7 Å². The normalized spacial score (nSPS) is 17.7. The molecule has 1 aliphatic rings. The Hall–Kier alpha value is -2.05. The lowest BCUT2D eigenvalue weighted by atomic mass is 10.2. The molecule has 2 aromatic rings. The Balaban J connectivity index is 1.72. The van der Waals surface area contributed by atoms with Gasteiger partial charge in [0.2, 0.25) is 0 Å². The Morgan fingerprint density at radius 2 is 2.27 bits per heavy atom. The van der Waals surface area contributed by atoms with Crippen LogP contribution in [0.4, 0.5) is 10.5 Å². The number of anilines is 1. The number of aliphatic hydroxyl groups excluding tert-OH is 1. The van der Waals surface area contributed by atoms with Gasteiger partial charge in [-0.25, -0.2) is 9.48 Å². The number of nitrogens with one attached hydrogen (secondary N) is 1. The monoisotopic (exact) mass is 320 g/mol. The van der Waals surface area contributed by atoms with E-state index in [9.17, 15) is 9.90 Å². The number of aliphatic hydroxyl groups is 1. The number of aromatic nitrogens is 2. The highest BCUT2D eigenvalue weighted by molar-refractivity contribution is 6.32. The van der Waals surface area contributed by atoms with Crippen LogP contribution in [0.2, 0.25) is 5.02 Å². The number of para-hydroxylation sites is 1. The van der Waals surface area contributed by atoms with Crippen LogP contribution in [-0.2, 0) is 0 Å². The lowest BCUT2D eigenvalue weighted by Crippen LogP contribution is -2.40. The SMILES string of the molecule is O=C(Nc1cnn(-c2ccccc2Cl)c1)N1CCC[C@H]1CO. The number of benzene rings is 1. The molecule has 2 heterocycles. The number of nitrogens with zero attached hydrogens (tertiary/aromatic N) is 3. The van der Waals surface area contributed by atoms with Gasteiger partial charge in [-0.05, 0) is 25.0 Å². The molecule has 2 N–H and O–H groups in total. The van der Waals surface area contributed by atoms with Crippen molar-refractivity contribution in [3.8, 4) is 5.69 Å². The molecule has 6 nitrogen and oxygen atoms in total. The smallest absolute Gasteiger partial charge is 0.322 e. The van der Waals surface area contributed by atoms with Crippen LogP contribution >= 0.6 is 11.6 Å². The highest BCUT2D eigenvalue weighted by Gasteiger charge is 2.28. The summed E-state index contributed by atoms with van der Waals surface area (Å²) in [5.74, 6) is 0. The highest BCUT2D eigenvalue weighted by Crippen LogP contribution is 2.22. The second-order valence-electron chi connectivity index (χ2n) is 5.23. The predicted molar refractivity (Wildman–Crippen MR) is 84.4 cm³/mol. The maximum Gasteiger partial charge on any atom is 0.322 e. The van der Waals surface area contributed by atoms with Gasteiger partial charge in [0.15, 0.2) is 0 Å². The van der Waals surface area contributed by atoms with E-state index in [2.05, 4.69) is 10.4 Å². The fraction of sp³-hybridized carbons (Fsp3) is 0.333. The molecule has 0 saturated carbocycles. The van der Waals surface area contributed by atoms with E-state index in [4.69, 9.17) is 11.6 Å². The van der Waals surface area contributed by atoms with Gasteiger partial charge in [0.05, 0.1) is 41.4 Å². The topological polar surface area (TPSA) is 70.4 Å². The number of carbonyl (C=O) groups is 1. The number of rotatable bonds is 3. The summed E-state index contributed by atoms with van der Waals surface area (Å²) in [6.07, 6.45) is 5.04. The number of urea groups is 1. The van der Waals surface area contributed by atoms with Gasteiger partial charge in [-0.15, -0.1) is 0 Å². The molecule has 0 bridgehead atoms. The van der Waals surface area contributed by atoms with Crippen molar-refractivity contribution in [2.45, 2.75) is 18.9 Å². The first-order valence-electron chi connectivity index (χ1n) is 7.17. The van der Waals surface area contributed by atoms with Crippen molar-refractivity contribution in [2.24, 2.45) is 0 Å². The zero-order valence-electron chi connectivity index (χ0n) is 11.9. The summed E-state index contributed by atoms with van der Waals surface area (Å²) in [5, 5.41) is 16.9. The van der Waals surface area contributed by atoms with E-state index >= 15 is 0 Å². The molecule has 1 aromatic carbocycles. The fourth-order valence-electron chi connectivity index (χ4n) is 2.64. The van der Waals surface area contributed by atoms with E-state index < -0.39 is 0 Å². The third kappa shape index (κ3) is 2.93. The van der Waals surface area contributed by atoms with Crippen molar-refractivity contribution in [1.82, 2.24) is 14.7 Å². The van der Waals surface area contributed by atoms with Gasteiger partial charge in [0.1, 0.15) is 0 Å². The maximum atomic E-state index is 12.2. The molecule has 2 amide bonds. The average molecular weight is 321 g/mol. The van der Waals surface area contributed by atoms with E-state index in [1.165, 1.54) is 0 Å². The molecular weight excluding hydrogens is 304 g/mol. The predicted octanol–water partition coefficient (Wildman–Crippen LogP) is 2.51. The van der Waals surface area contributed by atoms with Gasteiger partial charge in [-0.3, -0.25) is 0 Å². The summed E-state index contributed by atoms with van der Waals surface area (Å²) < 4.78 is 1.62. The largest absolute Gasteiger partial charge is 0.394 e. The van der Waals surface area contributed by atoms with Gasteiger partial charge < -0.3 is 15.3 Å². The van der Waals surface area contributed by atoms with Crippen LogP contribution in [0.25, 0.3) is 5.69 Å². The standard InChI is InChI=1S/C15H17ClN4O2/c16-13-5-1-2-6-14(13)20-9-11(8-17-20)18-15(22)19-7-3-4-12(19)10-21/h1-2,5-6,8-9,12,21H,3-4,7,10H2,(H,18,22)/t12-/m0/s1. The first-order valence-corrected chi connectivity index (χ1v) is 7.55. The lowest BCUT2D eigenvalue weighted by Gasteiger charge is -2.22. The van der Waals surface area contributed by atoms with E-state index in [-0.39, 0.29) is 18.7 Å². The van der Waals surface area contributed by atoms with Gasteiger partial charge in [0.25, 0.3) is 0 Å². The van der Waals surface area contributed by atoms with E-state index in [1.54, 1.807) is 28.0 Å². The fourth-order valence-corrected chi connectivity index (χ4v) is 2.87. The Morgan fingerprint density at radius 3 is 3.05 bits per heavy atom. The van der Waals surface area contributed by atoms with Crippen molar-refractivity contribution in [3.05, 3.63) is 41.7 Å². The van der Waals surface area contributed by atoms with Crippen LogP contribution in [0.5, 0.6) is 0 Å². The van der Waals surface area contributed by atoms with Gasteiger partial charge in [-0.1, -0.05) is 23.7 Å². The summed E-state index contributed by atoms with van der Waals surface area (Å²) in [7, 11) is 0. The quantitative estimate of drug-likeness (QED) is 0.913.